The van der Waals surface area contributed by atoms with Crippen molar-refractivity contribution in [3.63, 3.8) is 0 Å². The third-order valence-electron chi connectivity index (χ3n) is 2.77. The molecule has 0 heterocycles. The minimum atomic E-state index is -0.829. The van der Waals surface area contributed by atoms with Gasteiger partial charge in [-0.05, 0) is 18.1 Å². The minimum absolute atomic E-state index is 0.135. The first-order chi connectivity index (χ1) is 7.07. The summed E-state index contributed by atoms with van der Waals surface area (Å²) in [6.45, 7) is 3.60. The average molecular weight is 208 g/mol. The van der Waals surface area contributed by atoms with Gasteiger partial charge in [0.1, 0.15) is 5.75 Å². The predicted octanol–water partition coefficient (Wildman–Crippen LogP) is 2.61. The number of aliphatic carboxylic acids is 1. The Labute approximate surface area is 89.4 Å². The quantitative estimate of drug-likeness (QED) is 0.799. The van der Waals surface area contributed by atoms with E-state index in [1.54, 1.807) is 25.1 Å². The lowest BCUT2D eigenvalue weighted by atomic mass is 9.85. The maximum Gasteiger partial charge on any atom is 0.306 e. The summed E-state index contributed by atoms with van der Waals surface area (Å²) in [5.41, 5.74) is 0.718. The van der Waals surface area contributed by atoms with Crippen LogP contribution in [0, 0.1) is 5.92 Å². The van der Waals surface area contributed by atoms with E-state index in [4.69, 9.17) is 5.11 Å². The van der Waals surface area contributed by atoms with Crippen LogP contribution in [0.3, 0.4) is 0 Å². The summed E-state index contributed by atoms with van der Waals surface area (Å²) in [4.78, 5) is 10.9. The summed E-state index contributed by atoms with van der Waals surface area (Å²) < 4.78 is 0. The molecule has 1 rings (SSSR count). The fourth-order valence-electron chi connectivity index (χ4n) is 1.82. The van der Waals surface area contributed by atoms with E-state index in [9.17, 15) is 9.90 Å². The Morgan fingerprint density at radius 1 is 1.40 bits per heavy atom. The van der Waals surface area contributed by atoms with Crippen molar-refractivity contribution < 1.29 is 15.0 Å². The van der Waals surface area contributed by atoms with Gasteiger partial charge in [0, 0.05) is 5.92 Å². The summed E-state index contributed by atoms with van der Waals surface area (Å²) in [5.74, 6) is -1.27. The Bertz CT molecular complexity index is 346. The third-order valence-corrected chi connectivity index (χ3v) is 2.77. The van der Waals surface area contributed by atoms with Gasteiger partial charge in [0.05, 0.1) is 5.92 Å². The molecule has 0 spiro atoms. The highest BCUT2D eigenvalue weighted by Gasteiger charge is 2.25. The van der Waals surface area contributed by atoms with Crippen molar-refractivity contribution in [3.8, 4) is 5.75 Å². The van der Waals surface area contributed by atoms with Crippen LogP contribution in [-0.2, 0) is 4.79 Å². The molecule has 15 heavy (non-hydrogen) atoms. The summed E-state index contributed by atoms with van der Waals surface area (Å²) in [6, 6.07) is 6.92. The standard InChI is InChI=1S/C12H16O3/c1-3-9(8(2)12(14)15)10-6-4-5-7-11(10)13/h4-9,13H,3H2,1-2H3,(H,14,15). The number of carboxylic acids is 1. The van der Waals surface area contributed by atoms with E-state index in [2.05, 4.69) is 0 Å². The molecule has 0 aliphatic carbocycles. The van der Waals surface area contributed by atoms with Crippen LogP contribution < -0.4 is 0 Å². The van der Waals surface area contributed by atoms with Gasteiger partial charge in [-0.2, -0.15) is 0 Å². The molecule has 2 atom stereocenters. The molecule has 2 N–H and O–H groups in total. The van der Waals surface area contributed by atoms with Gasteiger partial charge < -0.3 is 10.2 Å². The molecule has 0 aliphatic heterocycles. The monoisotopic (exact) mass is 208 g/mol. The number of para-hydroxylation sites is 1. The van der Waals surface area contributed by atoms with Crippen molar-refractivity contribution in [1.82, 2.24) is 0 Å². The number of aromatic hydroxyl groups is 1. The lowest BCUT2D eigenvalue weighted by Crippen LogP contribution is -2.18. The Morgan fingerprint density at radius 3 is 2.47 bits per heavy atom. The van der Waals surface area contributed by atoms with Crippen LogP contribution in [-0.4, -0.2) is 16.2 Å². The van der Waals surface area contributed by atoms with E-state index >= 15 is 0 Å². The number of hydrogen-bond acceptors (Lipinski definition) is 2. The maximum atomic E-state index is 10.9. The second kappa shape index (κ2) is 4.82. The zero-order valence-electron chi connectivity index (χ0n) is 8.97. The zero-order chi connectivity index (χ0) is 11.4. The molecule has 1 aromatic carbocycles. The highest BCUT2D eigenvalue weighted by Crippen LogP contribution is 2.33. The van der Waals surface area contributed by atoms with E-state index in [1.807, 2.05) is 13.0 Å². The lowest BCUT2D eigenvalue weighted by Gasteiger charge is -2.20. The summed E-state index contributed by atoms with van der Waals surface area (Å²) >= 11 is 0. The first kappa shape index (κ1) is 11.6. The number of carbonyl (C=O) groups is 1. The van der Waals surface area contributed by atoms with E-state index in [1.165, 1.54) is 0 Å². The molecule has 3 heteroatoms. The van der Waals surface area contributed by atoms with Gasteiger partial charge in [-0.15, -0.1) is 0 Å². The lowest BCUT2D eigenvalue weighted by molar-refractivity contribution is -0.141. The molecule has 0 radical (unpaired) electrons. The molecule has 0 saturated carbocycles. The van der Waals surface area contributed by atoms with Crippen molar-refractivity contribution in [3.05, 3.63) is 29.8 Å². The number of phenols is 1. The number of phenolic OH excluding ortho intramolecular Hbond substituents is 1. The molecule has 0 amide bonds. The molecular formula is C12H16O3. The normalized spacial score (nSPS) is 14.5. The Balaban J connectivity index is 3.02. The van der Waals surface area contributed by atoms with Gasteiger partial charge in [0.25, 0.3) is 0 Å². The van der Waals surface area contributed by atoms with Gasteiger partial charge in [-0.1, -0.05) is 32.0 Å². The van der Waals surface area contributed by atoms with Gasteiger partial charge in [0.15, 0.2) is 0 Å². The van der Waals surface area contributed by atoms with Crippen LogP contribution in [0.5, 0.6) is 5.75 Å². The third kappa shape index (κ3) is 2.49. The van der Waals surface area contributed by atoms with Crippen LogP contribution in [0.4, 0.5) is 0 Å². The van der Waals surface area contributed by atoms with Crippen molar-refractivity contribution in [2.75, 3.05) is 0 Å². The largest absolute Gasteiger partial charge is 0.508 e. The van der Waals surface area contributed by atoms with Crippen LogP contribution in [0.2, 0.25) is 0 Å². The van der Waals surface area contributed by atoms with Crippen LogP contribution in [0.25, 0.3) is 0 Å². The Hall–Kier alpha value is -1.51. The molecule has 3 nitrogen and oxygen atoms in total. The topological polar surface area (TPSA) is 57.5 Å². The van der Waals surface area contributed by atoms with E-state index in [0.717, 1.165) is 5.56 Å². The summed E-state index contributed by atoms with van der Waals surface area (Å²) in [6.07, 6.45) is 0.699. The van der Waals surface area contributed by atoms with E-state index in [0.29, 0.717) is 6.42 Å². The van der Waals surface area contributed by atoms with Crippen LogP contribution >= 0.6 is 0 Å². The maximum absolute atomic E-state index is 10.9. The fraction of sp³-hybridized carbons (Fsp3) is 0.417. The minimum Gasteiger partial charge on any atom is -0.508 e. The Morgan fingerprint density at radius 2 is 2.00 bits per heavy atom. The van der Waals surface area contributed by atoms with Crippen molar-refractivity contribution in [2.24, 2.45) is 5.92 Å². The van der Waals surface area contributed by atoms with Crippen molar-refractivity contribution in [1.29, 1.82) is 0 Å². The molecule has 82 valence electrons. The SMILES string of the molecule is CCC(c1ccccc1O)C(C)C(=O)O. The van der Waals surface area contributed by atoms with Crippen LogP contribution in [0.1, 0.15) is 31.7 Å². The summed E-state index contributed by atoms with van der Waals surface area (Å²) in [7, 11) is 0. The number of rotatable bonds is 4. The van der Waals surface area contributed by atoms with Gasteiger partial charge in [-0.3, -0.25) is 4.79 Å². The molecule has 0 aliphatic rings. The van der Waals surface area contributed by atoms with Gasteiger partial charge in [0.2, 0.25) is 0 Å². The number of benzene rings is 1. The van der Waals surface area contributed by atoms with Crippen LogP contribution in [0.15, 0.2) is 24.3 Å². The second-order valence-corrected chi connectivity index (χ2v) is 3.70. The number of hydrogen-bond donors (Lipinski definition) is 2. The molecular weight excluding hydrogens is 192 g/mol. The van der Waals surface area contributed by atoms with Crippen molar-refractivity contribution in [2.45, 2.75) is 26.2 Å². The first-order valence-corrected chi connectivity index (χ1v) is 5.08. The number of carboxylic acid groups (broad SMARTS) is 1. The van der Waals surface area contributed by atoms with Gasteiger partial charge >= 0.3 is 5.97 Å². The molecule has 0 saturated heterocycles. The molecule has 0 aromatic heterocycles. The predicted molar refractivity (Wildman–Crippen MR) is 57.9 cm³/mol. The highest BCUT2D eigenvalue weighted by atomic mass is 16.4. The van der Waals surface area contributed by atoms with Gasteiger partial charge in [-0.25, -0.2) is 0 Å². The molecule has 1 aromatic rings. The zero-order valence-corrected chi connectivity index (χ0v) is 8.97. The van der Waals surface area contributed by atoms with E-state index in [-0.39, 0.29) is 11.7 Å². The molecule has 0 bridgehead atoms. The average Bonchev–Trinajstić information content (AvgIpc) is 2.21. The molecule has 0 fully saturated rings. The second-order valence-electron chi connectivity index (χ2n) is 3.70. The molecule has 2 unspecified atom stereocenters. The summed E-state index contributed by atoms with van der Waals surface area (Å²) in [5, 5.41) is 18.6. The Kier molecular flexibility index (Phi) is 3.72. The highest BCUT2D eigenvalue weighted by molar-refractivity contribution is 5.71. The smallest absolute Gasteiger partial charge is 0.306 e. The fourth-order valence-corrected chi connectivity index (χ4v) is 1.82. The first-order valence-electron chi connectivity index (χ1n) is 5.08. The van der Waals surface area contributed by atoms with E-state index < -0.39 is 11.9 Å². The van der Waals surface area contributed by atoms with Crippen molar-refractivity contribution >= 4 is 5.97 Å².